The van der Waals surface area contributed by atoms with Crippen molar-refractivity contribution in [3.05, 3.63) is 11.9 Å². The smallest absolute Gasteiger partial charge is 0.158 e. The van der Waals surface area contributed by atoms with Gasteiger partial charge in [-0.1, -0.05) is 0 Å². The average molecular weight is 271 g/mol. The highest BCUT2D eigenvalue weighted by molar-refractivity contribution is 7.98. The molecule has 6 nitrogen and oxygen atoms in total. The van der Waals surface area contributed by atoms with Gasteiger partial charge >= 0.3 is 0 Å². The summed E-state index contributed by atoms with van der Waals surface area (Å²) in [6.07, 6.45) is 2.08. The number of ether oxygens (including phenoxy) is 1. The van der Waals surface area contributed by atoms with E-state index in [1.807, 2.05) is 20.0 Å². The summed E-state index contributed by atoms with van der Waals surface area (Å²) in [6, 6.07) is 1.83. The van der Waals surface area contributed by atoms with Crippen LogP contribution in [0.1, 0.15) is 12.7 Å². The summed E-state index contributed by atoms with van der Waals surface area (Å²) in [5.41, 5.74) is 2.56. The van der Waals surface area contributed by atoms with Crippen LogP contribution >= 0.6 is 11.8 Å². The molecular weight excluding hydrogens is 250 g/mol. The maximum Gasteiger partial charge on any atom is 0.158 e. The second-order valence-electron chi connectivity index (χ2n) is 3.72. The van der Waals surface area contributed by atoms with Crippen molar-refractivity contribution >= 4 is 23.4 Å². The van der Waals surface area contributed by atoms with Crippen molar-refractivity contribution in [1.82, 2.24) is 9.97 Å². The molecule has 1 aromatic rings. The maximum atomic E-state index is 5.41. The Morgan fingerprint density at radius 2 is 2.28 bits per heavy atom. The quantitative estimate of drug-likeness (QED) is 0.541. The lowest BCUT2D eigenvalue weighted by Crippen LogP contribution is -2.23. The Morgan fingerprint density at radius 1 is 1.50 bits per heavy atom. The summed E-state index contributed by atoms with van der Waals surface area (Å²) in [7, 11) is 2.00. The number of thioether (sulfide) groups is 1. The van der Waals surface area contributed by atoms with Gasteiger partial charge in [-0.05, 0) is 13.2 Å². The fraction of sp³-hybridized carbons (Fsp3) is 0.636. The first kappa shape index (κ1) is 15.0. The van der Waals surface area contributed by atoms with Gasteiger partial charge in [0, 0.05) is 32.0 Å². The van der Waals surface area contributed by atoms with Gasteiger partial charge in [0.25, 0.3) is 0 Å². The average Bonchev–Trinajstić information content (AvgIpc) is 2.41. The van der Waals surface area contributed by atoms with Crippen molar-refractivity contribution in [2.45, 2.75) is 13.5 Å². The molecule has 0 atom stereocenters. The Labute approximate surface area is 112 Å². The van der Waals surface area contributed by atoms with E-state index < -0.39 is 0 Å². The number of nitrogens with one attached hydrogen (secondary N) is 1. The van der Waals surface area contributed by atoms with E-state index in [0.29, 0.717) is 24.9 Å². The number of rotatable bonds is 8. The minimum atomic E-state index is 0.398. The monoisotopic (exact) mass is 271 g/mol. The fourth-order valence-corrected chi connectivity index (χ4v) is 1.81. The van der Waals surface area contributed by atoms with Gasteiger partial charge in [-0.2, -0.15) is 11.8 Å². The first-order valence-electron chi connectivity index (χ1n) is 5.83. The lowest BCUT2D eigenvalue weighted by atomic mass is 10.4. The van der Waals surface area contributed by atoms with E-state index in [0.717, 1.165) is 18.1 Å². The molecular formula is C11H21N5OS. The number of hydrogen-bond donors (Lipinski definition) is 2. The first-order valence-corrected chi connectivity index (χ1v) is 7.23. The van der Waals surface area contributed by atoms with Gasteiger partial charge in [0.05, 0.1) is 0 Å². The van der Waals surface area contributed by atoms with Crippen molar-refractivity contribution in [2.24, 2.45) is 5.84 Å². The van der Waals surface area contributed by atoms with Crippen molar-refractivity contribution in [1.29, 1.82) is 0 Å². The Kier molecular flexibility index (Phi) is 6.77. The van der Waals surface area contributed by atoms with Crippen LogP contribution in [0.25, 0.3) is 0 Å². The summed E-state index contributed by atoms with van der Waals surface area (Å²) in [5.74, 6) is 8.55. The molecule has 0 radical (unpaired) electrons. The molecule has 0 fully saturated rings. The minimum Gasteiger partial charge on any atom is -0.374 e. The van der Waals surface area contributed by atoms with Gasteiger partial charge in [-0.25, -0.2) is 15.8 Å². The lowest BCUT2D eigenvalue weighted by molar-refractivity contribution is 0.128. The molecule has 1 rings (SSSR count). The second kappa shape index (κ2) is 8.12. The van der Waals surface area contributed by atoms with E-state index in [9.17, 15) is 0 Å². The predicted molar refractivity (Wildman–Crippen MR) is 76.8 cm³/mol. The van der Waals surface area contributed by atoms with E-state index >= 15 is 0 Å². The summed E-state index contributed by atoms with van der Waals surface area (Å²) in [6.45, 7) is 3.91. The number of anilines is 2. The molecule has 0 aliphatic heterocycles. The Bertz CT molecular complexity index is 363. The largest absolute Gasteiger partial charge is 0.374 e. The molecule has 0 aliphatic carbocycles. The molecule has 1 heterocycles. The van der Waals surface area contributed by atoms with Crippen LogP contribution in [0.3, 0.4) is 0 Å². The van der Waals surface area contributed by atoms with Gasteiger partial charge in [0.1, 0.15) is 18.2 Å². The molecule has 102 valence electrons. The molecule has 0 unspecified atom stereocenters. The Morgan fingerprint density at radius 3 is 2.89 bits per heavy atom. The third-order valence-electron chi connectivity index (χ3n) is 2.36. The predicted octanol–water partition coefficient (Wildman–Crippen LogP) is 1.10. The molecule has 0 saturated carbocycles. The summed E-state index contributed by atoms with van der Waals surface area (Å²) in [4.78, 5) is 10.8. The Hall–Kier alpha value is -1.05. The van der Waals surface area contributed by atoms with Crippen LogP contribution in [0.4, 0.5) is 11.6 Å². The lowest BCUT2D eigenvalue weighted by Gasteiger charge is -2.18. The molecule has 0 bridgehead atoms. The molecule has 0 saturated heterocycles. The molecule has 3 N–H and O–H groups in total. The van der Waals surface area contributed by atoms with E-state index in [4.69, 9.17) is 10.6 Å². The number of hydrazine groups is 1. The molecule has 0 aromatic carbocycles. The number of nitrogen functional groups attached to an aromatic ring is 1. The third kappa shape index (κ3) is 4.67. The molecule has 0 amide bonds. The normalized spacial score (nSPS) is 10.4. The summed E-state index contributed by atoms with van der Waals surface area (Å²) < 4.78 is 5.32. The van der Waals surface area contributed by atoms with Crippen LogP contribution in [0.5, 0.6) is 0 Å². The van der Waals surface area contributed by atoms with Gasteiger partial charge in [0.2, 0.25) is 0 Å². The molecule has 18 heavy (non-hydrogen) atoms. The van der Waals surface area contributed by atoms with E-state index in [2.05, 4.69) is 26.5 Å². The number of aromatic nitrogens is 2. The van der Waals surface area contributed by atoms with Gasteiger partial charge < -0.3 is 15.1 Å². The second-order valence-corrected chi connectivity index (χ2v) is 4.71. The Balaban J connectivity index is 2.81. The van der Waals surface area contributed by atoms with Crippen molar-refractivity contribution in [3.63, 3.8) is 0 Å². The van der Waals surface area contributed by atoms with Crippen LogP contribution in [0, 0.1) is 0 Å². The first-order chi connectivity index (χ1) is 8.71. The minimum absolute atomic E-state index is 0.398. The van der Waals surface area contributed by atoms with Gasteiger partial charge in [-0.15, -0.1) is 0 Å². The van der Waals surface area contributed by atoms with Crippen LogP contribution in [-0.2, 0) is 11.3 Å². The van der Waals surface area contributed by atoms with E-state index in [1.54, 1.807) is 11.8 Å². The number of hydrogen-bond acceptors (Lipinski definition) is 7. The number of nitrogens with zero attached hydrogens (tertiary/aromatic N) is 3. The standard InChI is InChI=1S/C11H21N5OS/c1-4-17-8-10-13-9(15-12)7-11(14-10)16(2)5-6-18-3/h7H,4-6,8,12H2,1-3H3,(H,13,14,15). The summed E-state index contributed by atoms with van der Waals surface area (Å²) >= 11 is 1.80. The van der Waals surface area contributed by atoms with Crippen molar-refractivity contribution in [3.8, 4) is 0 Å². The van der Waals surface area contributed by atoms with E-state index in [1.165, 1.54) is 0 Å². The molecule has 0 aliphatic rings. The highest BCUT2D eigenvalue weighted by Crippen LogP contribution is 2.15. The zero-order valence-corrected chi connectivity index (χ0v) is 12.0. The molecule has 0 spiro atoms. The summed E-state index contributed by atoms with van der Waals surface area (Å²) in [5, 5.41) is 0. The SMILES string of the molecule is CCOCc1nc(NN)cc(N(C)CCSC)n1. The van der Waals surface area contributed by atoms with Gasteiger partial charge in [-0.3, -0.25) is 0 Å². The zero-order valence-electron chi connectivity index (χ0n) is 11.1. The van der Waals surface area contributed by atoms with Crippen LogP contribution < -0.4 is 16.2 Å². The topological polar surface area (TPSA) is 76.3 Å². The third-order valence-corrected chi connectivity index (χ3v) is 2.95. The highest BCUT2D eigenvalue weighted by Gasteiger charge is 2.08. The van der Waals surface area contributed by atoms with E-state index in [-0.39, 0.29) is 0 Å². The maximum absolute atomic E-state index is 5.41. The highest BCUT2D eigenvalue weighted by atomic mass is 32.2. The van der Waals surface area contributed by atoms with Crippen molar-refractivity contribution in [2.75, 3.05) is 42.5 Å². The van der Waals surface area contributed by atoms with Crippen molar-refractivity contribution < 1.29 is 4.74 Å². The molecule has 1 aromatic heterocycles. The van der Waals surface area contributed by atoms with Crippen LogP contribution in [0.2, 0.25) is 0 Å². The number of nitrogens with two attached hydrogens (primary N) is 1. The van der Waals surface area contributed by atoms with Crippen LogP contribution in [-0.4, -0.2) is 42.2 Å². The fourth-order valence-electron chi connectivity index (χ4n) is 1.35. The van der Waals surface area contributed by atoms with Crippen LogP contribution in [0.15, 0.2) is 6.07 Å². The zero-order chi connectivity index (χ0) is 13.4. The van der Waals surface area contributed by atoms with Gasteiger partial charge in [0.15, 0.2) is 5.82 Å². The molecule has 7 heteroatoms.